The monoisotopic (exact) mass is 595 g/mol. The molecule has 1 atom stereocenters. The maximum Gasteiger partial charge on any atom is 0.343 e. The molecule has 0 saturated heterocycles. The van der Waals surface area contributed by atoms with Crippen LogP contribution in [-0.2, 0) is 6.42 Å². The Kier molecular flexibility index (Phi) is 8.03. The summed E-state index contributed by atoms with van der Waals surface area (Å²) in [4.78, 5) is 19.9. The van der Waals surface area contributed by atoms with Crippen LogP contribution in [0.15, 0.2) is 95.4 Å². The van der Waals surface area contributed by atoms with Crippen LogP contribution in [0.2, 0.25) is 0 Å². The van der Waals surface area contributed by atoms with Gasteiger partial charge in [-0.2, -0.15) is 5.10 Å². The molecular weight excluding hydrogens is 567 g/mol. The lowest BCUT2D eigenvalue weighted by molar-refractivity contribution is 0.0735. The summed E-state index contributed by atoms with van der Waals surface area (Å²) in [6.07, 6.45) is 1.57. The van der Waals surface area contributed by atoms with E-state index in [4.69, 9.17) is 24.3 Å². The zero-order valence-corrected chi connectivity index (χ0v) is 25.1. The van der Waals surface area contributed by atoms with Crippen LogP contribution in [0.25, 0.3) is 11.3 Å². The van der Waals surface area contributed by atoms with Gasteiger partial charge in [0.2, 0.25) is 5.13 Å². The standard InChI is InChI=1S/C33H29N3O4S2/c1-4-29-31(21-12-15-24(16-13-21)40-32(37)22-9-6-5-7-10-22)34-33(42-29)36-26(20-25(35-36)30-11-8-18-41-30)23-14-17-27(38-2)28(19-23)39-3/h5-19,26H,4,20H2,1-3H3. The SMILES string of the molecule is CCc1sc(N2N=C(c3cccs3)CC2c2ccc(OC)c(OC)c2)nc1-c1ccc(OC(=O)c2ccccc2)cc1. The highest BCUT2D eigenvalue weighted by molar-refractivity contribution is 7.16. The number of hydrogen-bond acceptors (Lipinski definition) is 9. The number of thiophene rings is 1. The molecule has 3 heterocycles. The molecule has 0 spiro atoms. The number of benzene rings is 3. The molecule has 0 amide bonds. The first-order valence-electron chi connectivity index (χ1n) is 13.6. The quantitative estimate of drug-likeness (QED) is 0.127. The summed E-state index contributed by atoms with van der Waals surface area (Å²) in [7, 11) is 3.29. The summed E-state index contributed by atoms with van der Waals surface area (Å²) in [5, 5.41) is 10.0. The fraction of sp³-hybridized carbons (Fsp3) is 0.182. The summed E-state index contributed by atoms with van der Waals surface area (Å²) < 4.78 is 16.7. The van der Waals surface area contributed by atoms with Crippen molar-refractivity contribution in [1.29, 1.82) is 0 Å². The largest absolute Gasteiger partial charge is 0.493 e. The molecule has 1 aliphatic rings. The maximum absolute atomic E-state index is 12.5. The Morgan fingerprint density at radius 1 is 0.952 bits per heavy atom. The van der Waals surface area contributed by atoms with E-state index in [0.717, 1.165) is 50.3 Å². The normalized spacial score (nSPS) is 14.5. The number of ether oxygens (including phenoxy) is 3. The number of rotatable bonds is 9. The molecule has 0 saturated carbocycles. The summed E-state index contributed by atoms with van der Waals surface area (Å²) in [5.74, 6) is 1.47. The van der Waals surface area contributed by atoms with Crippen molar-refractivity contribution in [2.75, 3.05) is 19.2 Å². The lowest BCUT2D eigenvalue weighted by Gasteiger charge is -2.22. The molecule has 5 aromatic rings. The van der Waals surface area contributed by atoms with E-state index >= 15 is 0 Å². The number of carbonyl (C=O) groups is 1. The third-order valence-corrected chi connectivity index (χ3v) is 9.17. The minimum atomic E-state index is -0.386. The van der Waals surface area contributed by atoms with E-state index in [-0.39, 0.29) is 12.0 Å². The van der Waals surface area contributed by atoms with Gasteiger partial charge in [0, 0.05) is 16.9 Å². The van der Waals surface area contributed by atoms with E-state index in [9.17, 15) is 4.79 Å². The molecule has 0 N–H and O–H groups in total. The number of thiazole rings is 1. The summed E-state index contributed by atoms with van der Waals surface area (Å²) in [6.45, 7) is 2.13. The van der Waals surface area contributed by atoms with Crippen LogP contribution in [0, 0.1) is 0 Å². The van der Waals surface area contributed by atoms with E-state index in [0.29, 0.717) is 22.8 Å². The first-order chi connectivity index (χ1) is 20.6. The summed E-state index contributed by atoms with van der Waals surface area (Å²) in [6, 6.07) is 26.6. The average Bonchev–Trinajstić information content (AvgIpc) is 3.81. The highest BCUT2D eigenvalue weighted by Gasteiger charge is 2.33. The first kappa shape index (κ1) is 27.7. The Morgan fingerprint density at radius 2 is 1.74 bits per heavy atom. The molecule has 9 heteroatoms. The van der Waals surface area contributed by atoms with Crippen molar-refractivity contribution in [3.8, 4) is 28.5 Å². The van der Waals surface area contributed by atoms with Crippen molar-refractivity contribution < 1.29 is 19.0 Å². The molecule has 1 aliphatic heterocycles. The second-order valence-corrected chi connectivity index (χ2v) is 11.6. The zero-order valence-electron chi connectivity index (χ0n) is 23.4. The van der Waals surface area contributed by atoms with E-state index in [1.54, 1.807) is 49.0 Å². The highest BCUT2D eigenvalue weighted by atomic mass is 32.1. The van der Waals surface area contributed by atoms with Gasteiger partial charge >= 0.3 is 5.97 Å². The van der Waals surface area contributed by atoms with Crippen molar-refractivity contribution in [3.05, 3.63) is 111 Å². The minimum absolute atomic E-state index is 0.0506. The van der Waals surface area contributed by atoms with Gasteiger partial charge in [0.25, 0.3) is 0 Å². The molecule has 2 aromatic heterocycles. The lowest BCUT2D eigenvalue weighted by atomic mass is 10.0. The van der Waals surface area contributed by atoms with Gasteiger partial charge in [-0.05, 0) is 72.0 Å². The summed E-state index contributed by atoms with van der Waals surface area (Å²) >= 11 is 3.34. The van der Waals surface area contributed by atoms with E-state index in [1.807, 2.05) is 65.7 Å². The molecule has 1 unspecified atom stereocenters. The molecule has 42 heavy (non-hydrogen) atoms. The molecule has 212 valence electrons. The Hall–Kier alpha value is -4.47. The van der Waals surface area contributed by atoms with Gasteiger partial charge in [0.05, 0.1) is 42.1 Å². The number of aryl methyl sites for hydroxylation is 1. The molecule has 0 aliphatic carbocycles. The number of hydrazone groups is 1. The van der Waals surface area contributed by atoms with Crippen LogP contribution in [-0.4, -0.2) is 30.9 Å². The van der Waals surface area contributed by atoms with Gasteiger partial charge in [-0.3, -0.25) is 0 Å². The van der Waals surface area contributed by atoms with Crippen LogP contribution in [0.3, 0.4) is 0 Å². The predicted octanol–water partition coefficient (Wildman–Crippen LogP) is 8.03. The van der Waals surface area contributed by atoms with Gasteiger partial charge in [-0.15, -0.1) is 11.3 Å². The van der Waals surface area contributed by atoms with Crippen molar-refractivity contribution >= 4 is 39.5 Å². The second-order valence-electron chi connectivity index (χ2n) is 9.60. The molecule has 3 aromatic carbocycles. The maximum atomic E-state index is 12.5. The van der Waals surface area contributed by atoms with Crippen LogP contribution < -0.4 is 19.2 Å². The molecule has 7 nitrogen and oxygen atoms in total. The van der Waals surface area contributed by atoms with Crippen LogP contribution >= 0.6 is 22.7 Å². The second kappa shape index (κ2) is 12.2. The number of esters is 1. The molecule has 0 bridgehead atoms. The third kappa shape index (κ3) is 5.53. The smallest absolute Gasteiger partial charge is 0.343 e. The highest BCUT2D eigenvalue weighted by Crippen LogP contribution is 2.43. The van der Waals surface area contributed by atoms with Gasteiger partial charge in [0.1, 0.15) is 5.75 Å². The van der Waals surface area contributed by atoms with Crippen molar-refractivity contribution in [2.45, 2.75) is 25.8 Å². The van der Waals surface area contributed by atoms with Gasteiger partial charge in [-0.1, -0.05) is 48.6 Å². The van der Waals surface area contributed by atoms with Gasteiger partial charge < -0.3 is 14.2 Å². The van der Waals surface area contributed by atoms with Crippen LogP contribution in [0.5, 0.6) is 17.2 Å². The number of methoxy groups -OCH3 is 2. The summed E-state index contributed by atoms with van der Waals surface area (Å²) in [5.41, 5.74) is 4.48. The van der Waals surface area contributed by atoms with Crippen LogP contribution in [0.1, 0.15) is 45.1 Å². The van der Waals surface area contributed by atoms with E-state index in [1.165, 1.54) is 0 Å². The number of carbonyl (C=O) groups excluding carboxylic acids is 1. The van der Waals surface area contributed by atoms with Crippen molar-refractivity contribution in [3.63, 3.8) is 0 Å². The van der Waals surface area contributed by atoms with E-state index < -0.39 is 0 Å². The van der Waals surface area contributed by atoms with Crippen molar-refractivity contribution in [2.24, 2.45) is 5.10 Å². The fourth-order valence-corrected chi connectivity index (χ4v) is 6.67. The zero-order chi connectivity index (χ0) is 29.1. The van der Waals surface area contributed by atoms with Crippen LogP contribution in [0.4, 0.5) is 5.13 Å². The first-order valence-corrected chi connectivity index (χ1v) is 15.3. The average molecular weight is 596 g/mol. The topological polar surface area (TPSA) is 73.2 Å². The van der Waals surface area contributed by atoms with Gasteiger partial charge in [0.15, 0.2) is 11.5 Å². The number of hydrogen-bond donors (Lipinski definition) is 0. The minimum Gasteiger partial charge on any atom is -0.493 e. The molecular formula is C33H29N3O4S2. The predicted molar refractivity (Wildman–Crippen MR) is 169 cm³/mol. The van der Waals surface area contributed by atoms with E-state index in [2.05, 4.69) is 24.4 Å². The molecule has 6 rings (SSSR count). The Morgan fingerprint density at radius 3 is 2.43 bits per heavy atom. The fourth-order valence-electron chi connectivity index (χ4n) is 4.92. The Balaban J connectivity index is 1.32. The number of aromatic nitrogens is 1. The number of anilines is 1. The Bertz CT molecular complexity index is 1710. The number of nitrogens with zero attached hydrogens (tertiary/aromatic N) is 3. The molecule has 0 fully saturated rings. The van der Waals surface area contributed by atoms with Gasteiger partial charge in [-0.25, -0.2) is 14.8 Å². The lowest BCUT2D eigenvalue weighted by Crippen LogP contribution is -2.18. The molecule has 0 radical (unpaired) electrons. The Labute approximate surface area is 252 Å². The third-order valence-electron chi connectivity index (χ3n) is 7.06. The van der Waals surface area contributed by atoms with Crippen molar-refractivity contribution in [1.82, 2.24) is 4.98 Å².